The largest absolute Gasteiger partial charge is 0.522 e. The van der Waals surface area contributed by atoms with Gasteiger partial charge in [-0.3, -0.25) is 9.35 Å². The van der Waals surface area contributed by atoms with Crippen LogP contribution in [0.2, 0.25) is 0 Å². The molecule has 30 heavy (non-hydrogen) atoms. The standard InChI is InChI=1S/C18H17FN2O.CHF3O3S/c1-18-10-12-11-20-21(15-7-5-14(19)6-8-15)16(12)9-13(18)3-2-4-17(18)22;2-1(3,4)8(5,6)7/h5-9,11H,2-4,10H2,1H3;(H,5,6,7)/t18-;/m0./s1. The van der Waals surface area contributed by atoms with E-state index in [0.717, 1.165) is 29.8 Å². The minimum atomic E-state index is -5.84. The molecule has 2 aromatic rings. The quantitative estimate of drug-likeness (QED) is 0.405. The first-order valence-electron chi connectivity index (χ1n) is 8.94. The van der Waals surface area contributed by atoms with Gasteiger partial charge in [-0.2, -0.15) is 26.7 Å². The summed E-state index contributed by atoms with van der Waals surface area (Å²) >= 11 is 0. The molecule has 0 saturated heterocycles. The second-order valence-corrected chi connectivity index (χ2v) is 8.73. The lowest BCUT2D eigenvalue weighted by molar-refractivity contribution is -0.127. The smallest absolute Gasteiger partial charge is 0.299 e. The molecule has 1 heterocycles. The molecule has 4 rings (SSSR count). The number of ketones is 1. The number of carbonyl (C=O) groups is 1. The van der Waals surface area contributed by atoms with Gasteiger partial charge in [0, 0.05) is 6.42 Å². The Bertz CT molecular complexity index is 1100. The van der Waals surface area contributed by atoms with Gasteiger partial charge in [-0.15, -0.1) is 0 Å². The van der Waals surface area contributed by atoms with Crippen molar-refractivity contribution in [3.63, 3.8) is 0 Å². The topological polar surface area (TPSA) is 89.3 Å². The summed E-state index contributed by atoms with van der Waals surface area (Å²) in [6.45, 7) is 2.05. The van der Waals surface area contributed by atoms with Gasteiger partial charge in [-0.25, -0.2) is 9.07 Å². The van der Waals surface area contributed by atoms with E-state index in [2.05, 4.69) is 18.1 Å². The maximum absolute atomic E-state index is 13.1. The Morgan fingerprint density at radius 3 is 2.33 bits per heavy atom. The molecule has 1 N–H and O–H groups in total. The molecule has 0 amide bonds. The van der Waals surface area contributed by atoms with Gasteiger partial charge in [0.1, 0.15) is 11.6 Å². The van der Waals surface area contributed by atoms with Gasteiger partial charge in [0.25, 0.3) is 0 Å². The number of fused-ring (bicyclic) bond motifs is 2. The van der Waals surface area contributed by atoms with Gasteiger partial charge in [0.05, 0.1) is 23.0 Å². The summed E-state index contributed by atoms with van der Waals surface area (Å²) in [5.41, 5.74) is -1.74. The third-order valence-corrected chi connectivity index (χ3v) is 5.86. The Morgan fingerprint density at radius 1 is 1.17 bits per heavy atom. The highest BCUT2D eigenvalue weighted by Crippen LogP contribution is 2.45. The zero-order valence-electron chi connectivity index (χ0n) is 15.8. The predicted octanol–water partition coefficient (Wildman–Crippen LogP) is 4.10. The van der Waals surface area contributed by atoms with E-state index in [9.17, 15) is 22.4 Å². The number of hydrogen-bond acceptors (Lipinski definition) is 4. The van der Waals surface area contributed by atoms with Crippen molar-refractivity contribution in [2.24, 2.45) is 5.41 Å². The molecular weight excluding hydrogens is 428 g/mol. The van der Waals surface area contributed by atoms with Crippen LogP contribution in [0.4, 0.5) is 17.6 Å². The average molecular weight is 446 g/mol. The molecular formula is C19H18F4N2O4S. The zero-order valence-corrected chi connectivity index (χ0v) is 16.6. The van der Waals surface area contributed by atoms with Gasteiger partial charge >= 0.3 is 15.6 Å². The molecule has 0 aliphatic heterocycles. The van der Waals surface area contributed by atoms with Crippen LogP contribution >= 0.6 is 0 Å². The molecule has 0 radical (unpaired) electrons. The lowest BCUT2D eigenvalue weighted by Gasteiger charge is -2.37. The molecule has 1 atom stereocenters. The van der Waals surface area contributed by atoms with E-state index in [1.807, 2.05) is 10.9 Å². The molecule has 162 valence electrons. The van der Waals surface area contributed by atoms with Gasteiger partial charge in [0.15, 0.2) is 0 Å². The predicted molar refractivity (Wildman–Crippen MR) is 99.8 cm³/mol. The summed E-state index contributed by atoms with van der Waals surface area (Å²) < 4.78 is 72.5. The molecule has 2 aliphatic rings. The Morgan fingerprint density at radius 2 is 1.77 bits per heavy atom. The monoisotopic (exact) mass is 446 g/mol. The van der Waals surface area contributed by atoms with Gasteiger partial charge in [-0.05, 0) is 62.1 Å². The molecule has 1 fully saturated rings. The van der Waals surface area contributed by atoms with Crippen molar-refractivity contribution in [3.05, 3.63) is 53.1 Å². The van der Waals surface area contributed by atoms with E-state index in [1.54, 1.807) is 12.1 Å². The number of allylic oxidation sites excluding steroid dienone is 1. The van der Waals surface area contributed by atoms with Crippen LogP contribution in [0.15, 0.2) is 36.0 Å². The molecule has 1 aromatic carbocycles. The number of alkyl halides is 3. The molecule has 6 nitrogen and oxygen atoms in total. The Labute approximate surface area is 170 Å². The van der Waals surface area contributed by atoms with E-state index in [1.165, 1.54) is 17.7 Å². The number of Topliss-reactive ketones (excluding diaryl/α,β-unsaturated/α-hetero) is 1. The molecule has 0 bridgehead atoms. The third-order valence-electron chi connectivity index (χ3n) is 5.28. The van der Waals surface area contributed by atoms with Crippen molar-refractivity contribution < 1.29 is 35.3 Å². The van der Waals surface area contributed by atoms with Crippen LogP contribution in [-0.2, 0) is 21.3 Å². The third kappa shape index (κ3) is 4.17. The number of benzene rings is 1. The summed E-state index contributed by atoms with van der Waals surface area (Å²) in [6, 6.07) is 6.32. The summed E-state index contributed by atoms with van der Waals surface area (Å²) in [5.74, 6) is 0.0822. The van der Waals surface area contributed by atoms with Crippen LogP contribution in [0, 0.1) is 11.2 Å². The van der Waals surface area contributed by atoms with E-state index >= 15 is 0 Å². The first-order valence-corrected chi connectivity index (χ1v) is 10.4. The summed E-state index contributed by atoms with van der Waals surface area (Å²) in [5, 5.41) is 4.45. The van der Waals surface area contributed by atoms with Crippen LogP contribution in [0.3, 0.4) is 0 Å². The van der Waals surface area contributed by atoms with Crippen LogP contribution < -0.4 is 0 Å². The van der Waals surface area contributed by atoms with Crippen LogP contribution in [0.5, 0.6) is 0 Å². The Kier molecular flexibility index (Phi) is 5.63. The van der Waals surface area contributed by atoms with Crippen LogP contribution in [-0.4, -0.2) is 34.0 Å². The highest BCUT2D eigenvalue weighted by molar-refractivity contribution is 7.86. The molecule has 11 heteroatoms. The number of aromatic nitrogens is 2. The van der Waals surface area contributed by atoms with Crippen molar-refractivity contribution in [2.45, 2.75) is 38.1 Å². The van der Waals surface area contributed by atoms with Crippen LogP contribution in [0.1, 0.15) is 37.4 Å². The highest BCUT2D eigenvalue weighted by atomic mass is 32.2. The minimum Gasteiger partial charge on any atom is -0.299 e. The molecule has 1 saturated carbocycles. The van der Waals surface area contributed by atoms with E-state index in [0.29, 0.717) is 18.6 Å². The second kappa shape index (κ2) is 7.62. The maximum atomic E-state index is 13.1. The highest BCUT2D eigenvalue weighted by Gasteiger charge is 2.44. The summed E-state index contributed by atoms with van der Waals surface area (Å²) in [7, 11) is -5.84. The number of nitrogens with zero attached hydrogens (tertiary/aromatic N) is 2. The van der Waals surface area contributed by atoms with Crippen LogP contribution in [0.25, 0.3) is 11.8 Å². The fourth-order valence-corrected chi connectivity index (χ4v) is 3.63. The fraction of sp³-hybridized carbons (Fsp3) is 0.368. The normalized spacial score (nSPS) is 21.1. The molecule has 0 spiro atoms. The van der Waals surface area contributed by atoms with E-state index in [4.69, 9.17) is 13.0 Å². The fourth-order valence-electron chi connectivity index (χ4n) is 3.63. The van der Waals surface area contributed by atoms with Crippen molar-refractivity contribution in [2.75, 3.05) is 0 Å². The molecule has 1 aromatic heterocycles. The number of rotatable bonds is 1. The van der Waals surface area contributed by atoms with Gasteiger partial charge in [-0.1, -0.05) is 5.57 Å². The number of carbonyl (C=O) groups excluding carboxylic acids is 1. The lowest BCUT2D eigenvalue weighted by Crippen LogP contribution is -2.37. The van der Waals surface area contributed by atoms with Crippen molar-refractivity contribution in [3.8, 4) is 5.69 Å². The first-order chi connectivity index (χ1) is 13.8. The average Bonchev–Trinajstić information content (AvgIpc) is 3.03. The van der Waals surface area contributed by atoms with Crippen molar-refractivity contribution in [1.82, 2.24) is 9.78 Å². The van der Waals surface area contributed by atoms with Crippen molar-refractivity contribution >= 4 is 22.0 Å². The Balaban J connectivity index is 0.000000275. The summed E-state index contributed by atoms with van der Waals surface area (Å²) in [6.07, 6.45) is 7.24. The lowest BCUT2D eigenvalue weighted by atomic mass is 9.65. The zero-order chi connectivity index (χ0) is 22.3. The van der Waals surface area contributed by atoms with Crippen molar-refractivity contribution in [1.29, 1.82) is 0 Å². The molecule has 0 unspecified atom stereocenters. The second-order valence-electron chi connectivity index (χ2n) is 7.32. The SMILES string of the molecule is C[C@]12Cc3cnn(-c4ccc(F)cc4)c3C=C1CCCC2=O.O=S(=O)(O)C(F)(F)F. The first kappa shape index (κ1) is 22.2. The Hall–Kier alpha value is -2.53. The maximum Gasteiger partial charge on any atom is 0.522 e. The summed E-state index contributed by atoms with van der Waals surface area (Å²) in [4.78, 5) is 12.4. The van der Waals surface area contributed by atoms with Gasteiger partial charge < -0.3 is 0 Å². The minimum absolute atomic E-state index is 0.256. The molecule has 2 aliphatic carbocycles. The van der Waals surface area contributed by atoms with E-state index in [-0.39, 0.29) is 11.2 Å². The number of halogens is 4. The van der Waals surface area contributed by atoms with Gasteiger partial charge in [0.2, 0.25) is 0 Å². The number of hydrogen-bond donors (Lipinski definition) is 1. The van der Waals surface area contributed by atoms with E-state index < -0.39 is 15.6 Å².